The molecule has 0 aliphatic carbocycles. The number of piperazine rings is 1. The number of pyridine rings is 1. The molecule has 0 bridgehead atoms. The summed E-state index contributed by atoms with van der Waals surface area (Å²) in [7, 11) is 1.69. The van der Waals surface area contributed by atoms with Gasteiger partial charge in [-0.15, -0.1) is 0 Å². The van der Waals surface area contributed by atoms with E-state index in [1.165, 1.54) is 12.3 Å². The van der Waals surface area contributed by atoms with Crippen LogP contribution in [0.25, 0.3) is 0 Å². The first kappa shape index (κ1) is 27.9. The molecular weight excluding hydrogens is 479 g/mol. The Morgan fingerprint density at radius 1 is 1.11 bits per heavy atom. The maximum atomic E-state index is 15.1. The van der Waals surface area contributed by atoms with Crippen molar-refractivity contribution in [3.63, 3.8) is 0 Å². The number of hydrogen-bond donors (Lipinski definition) is 2. The summed E-state index contributed by atoms with van der Waals surface area (Å²) in [5.74, 6) is -0.606. The van der Waals surface area contributed by atoms with Gasteiger partial charge in [0.25, 0.3) is 0 Å². The molecular formula is C26H35FN6O4. The number of nitrogens with zero attached hydrogens (tertiary/aromatic N) is 4. The van der Waals surface area contributed by atoms with Crippen molar-refractivity contribution in [1.29, 1.82) is 0 Å². The summed E-state index contributed by atoms with van der Waals surface area (Å²) in [5, 5.41) is 5.18. The van der Waals surface area contributed by atoms with Crippen molar-refractivity contribution in [2.75, 3.05) is 57.0 Å². The fourth-order valence-corrected chi connectivity index (χ4v) is 3.87. The van der Waals surface area contributed by atoms with Gasteiger partial charge in [0.15, 0.2) is 5.82 Å². The minimum Gasteiger partial charge on any atom is -0.448 e. The third-order valence-electron chi connectivity index (χ3n) is 6.04. The highest BCUT2D eigenvalue weighted by molar-refractivity contribution is 5.99. The third-order valence-corrected chi connectivity index (χ3v) is 6.04. The lowest BCUT2D eigenvalue weighted by Gasteiger charge is -2.34. The van der Waals surface area contributed by atoms with Crippen LogP contribution in [0.2, 0.25) is 0 Å². The number of urea groups is 1. The van der Waals surface area contributed by atoms with Crippen molar-refractivity contribution in [2.24, 2.45) is 5.92 Å². The molecule has 200 valence electrons. The van der Waals surface area contributed by atoms with Crippen molar-refractivity contribution < 1.29 is 23.5 Å². The Balaban J connectivity index is 1.45. The van der Waals surface area contributed by atoms with Crippen LogP contribution >= 0.6 is 0 Å². The molecule has 37 heavy (non-hydrogen) atoms. The quantitative estimate of drug-likeness (QED) is 0.558. The summed E-state index contributed by atoms with van der Waals surface area (Å²) in [6, 6.07) is 7.80. The number of hydrogen-bond acceptors (Lipinski definition) is 6. The summed E-state index contributed by atoms with van der Waals surface area (Å²) < 4.78 is 20.4. The number of nitrogens with one attached hydrogen (secondary N) is 2. The van der Waals surface area contributed by atoms with Crippen LogP contribution in [0.4, 0.5) is 25.4 Å². The van der Waals surface area contributed by atoms with E-state index in [9.17, 15) is 14.4 Å². The molecule has 2 heterocycles. The summed E-state index contributed by atoms with van der Waals surface area (Å²) in [4.78, 5) is 45.9. The molecule has 1 fully saturated rings. The zero-order valence-electron chi connectivity index (χ0n) is 21.8. The van der Waals surface area contributed by atoms with Gasteiger partial charge in [-0.2, -0.15) is 0 Å². The highest BCUT2D eigenvalue weighted by Crippen LogP contribution is 2.21. The topological polar surface area (TPSA) is 107 Å². The van der Waals surface area contributed by atoms with E-state index in [1.54, 1.807) is 41.1 Å². The van der Waals surface area contributed by atoms with E-state index < -0.39 is 17.9 Å². The second-order valence-electron chi connectivity index (χ2n) is 9.34. The molecule has 1 aliphatic heterocycles. The number of aromatic nitrogens is 1. The van der Waals surface area contributed by atoms with Gasteiger partial charge in [-0.25, -0.2) is 14.0 Å². The molecule has 4 amide bonds. The molecule has 0 unspecified atom stereocenters. The second-order valence-corrected chi connectivity index (χ2v) is 9.34. The van der Waals surface area contributed by atoms with Gasteiger partial charge in [0.2, 0.25) is 5.91 Å². The predicted octanol–water partition coefficient (Wildman–Crippen LogP) is 3.54. The maximum Gasteiger partial charge on any atom is 0.409 e. The summed E-state index contributed by atoms with van der Waals surface area (Å²) in [6.07, 6.45) is 1.11. The molecule has 1 aromatic heterocycles. The monoisotopic (exact) mass is 514 g/mol. The van der Waals surface area contributed by atoms with Crippen LogP contribution in [0, 0.1) is 18.7 Å². The molecule has 2 N–H and O–H groups in total. The SMILES string of the molecule is Cc1ccc(NC(=O)Nc2cccc(CN3CCN(C(=O)OCCN(C)C(=O)C(C)C)CC3)c2F)cn1. The number of carbonyl (C=O) groups excluding carboxylic acids is 3. The number of ether oxygens (including phenoxy) is 1. The minimum atomic E-state index is -0.561. The van der Waals surface area contributed by atoms with Crippen LogP contribution in [-0.4, -0.2) is 84.1 Å². The number of anilines is 2. The third kappa shape index (κ3) is 8.14. The van der Waals surface area contributed by atoms with Gasteiger partial charge in [0, 0.05) is 56.9 Å². The Labute approximate surface area is 216 Å². The zero-order chi connectivity index (χ0) is 26.9. The number of rotatable bonds is 8. The molecule has 0 atom stereocenters. The van der Waals surface area contributed by atoms with Crippen molar-refractivity contribution in [1.82, 2.24) is 19.7 Å². The predicted molar refractivity (Wildman–Crippen MR) is 139 cm³/mol. The van der Waals surface area contributed by atoms with Crippen molar-refractivity contribution in [3.8, 4) is 0 Å². The van der Waals surface area contributed by atoms with E-state index in [-0.39, 0.29) is 24.1 Å². The van der Waals surface area contributed by atoms with Gasteiger partial charge in [-0.3, -0.25) is 14.7 Å². The molecule has 2 aromatic rings. The fourth-order valence-electron chi connectivity index (χ4n) is 3.87. The standard InChI is InChI=1S/C26H35FN6O4/c1-18(2)24(34)31(4)14-15-37-26(36)33-12-10-32(11-13-33)17-20-6-5-7-22(23(20)27)30-25(35)29-21-9-8-19(3)28-16-21/h5-9,16,18H,10-15,17H2,1-4H3,(H2,29,30,35). The number of amides is 4. The highest BCUT2D eigenvalue weighted by Gasteiger charge is 2.24. The molecule has 0 radical (unpaired) electrons. The number of likely N-dealkylation sites (N-methyl/N-ethyl adjacent to an activating group) is 1. The Morgan fingerprint density at radius 3 is 2.49 bits per heavy atom. The van der Waals surface area contributed by atoms with Gasteiger partial charge < -0.3 is 25.2 Å². The van der Waals surface area contributed by atoms with E-state index in [2.05, 4.69) is 15.6 Å². The van der Waals surface area contributed by atoms with Crippen LogP contribution in [0.1, 0.15) is 25.1 Å². The van der Waals surface area contributed by atoms with E-state index in [4.69, 9.17) is 4.74 Å². The number of benzene rings is 1. The first-order chi connectivity index (χ1) is 17.6. The van der Waals surface area contributed by atoms with Crippen molar-refractivity contribution in [3.05, 3.63) is 53.6 Å². The van der Waals surface area contributed by atoms with E-state index in [0.29, 0.717) is 50.5 Å². The molecule has 3 rings (SSSR count). The summed E-state index contributed by atoms with van der Waals surface area (Å²) in [5.41, 5.74) is 1.86. The van der Waals surface area contributed by atoms with Gasteiger partial charge >= 0.3 is 12.1 Å². The Kier molecular flexibility index (Phi) is 9.78. The number of carbonyl (C=O) groups is 3. The molecule has 1 aliphatic rings. The lowest BCUT2D eigenvalue weighted by molar-refractivity contribution is -0.133. The summed E-state index contributed by atoms with van der Waals surface area (Å²) >= 11 is 0. The van der Waals surface area contributed by atoms with E-state index in [1.807, 2.05) is 25.7 Å². The normalized spacial score (nSPS) is 13.8. The Bertz CT molecular complexity index is 1090. The maximum absolute atomic E-state index is 15.1. The Morgan fingerprint density at radius 2 is 1.84 bits per heavy atom. The van der Waals surface area contributed by atoms with Crippen LogP contribution in [-0.2, 0) is 16.1 Å². The lowest BCUT2D eigenvalue weighted by atomic mass is 10.1. The van der Waals surface area contributed by atoms with Gasteiger partial charge in [0.1, 0.15) is 6.61 Å². The van der Waals surface area contributed by atoms with Gasteiger partial charge in [-0.1, -0.05) is 26.0 Å². The fraction of sp³-hybridized carbons (Fsp3) is 0.462. The average molecular weight is 515 g/mol. The number of halogens is 1. The van der Waals surface area contributed by atoms with Crippen LogP contribution in [0.5, 0.6) is 0 Å². The second kappa shape index (κ2) is 13.0. The molecule has 1 saturated heterocycles. The first-order valence-electron chi connectivity index (χ1n) is 12.3. The van der Waals surface area contributed by atoms with Crippen molar-refractivity contribution >= 4 is 29.4 Å². The zero-order valence-corrected chi connectivity index (χ0v) is 21.8. The van der Waals surface area contributed by atoms with E-state index in [0.717, 1.165) is 5.69 Å². The van der Waals surface area contributed by atoms with E-state index >= 15 is 4.39 Å². The molecule has 0 spiro atoms. The smallest absolute Gasteiger partial charge is 0.409 e. The first-order valence-corrected chi connectivity index (χ1v) is 12.3. The van der Waals surface area contributed by atoms with Crippen molar-refractivity contribution in [2.45, 2.75) is 27.3 Å². The largest absolute Gasteiger partial charge is 0.448 e. The average Bonchev–Trinajstić information content (AvgIpc) is 2.87. The molecule has 1 aromatic carbocycles. The van der Waals surface area contributed by atoms with Gasteiger partial charge in [-0.05, 0) is 25.1 Å². The summed E-state index contributed by atoms with van der Waals surface area (Å²) in [6.45, 7) is 8.31. The minimum absolute atomic E-state index is 0.000334. The molecule has 10 nitrogen and oxygen atoms in total. The van der Waals surface area contributed by atoms with Crippen LogP contribution in [0.15, 0.2) is 36.5 Å². The molecule has 11 heteroatoms. The highest BCUT2D eigenvalue weighted by atomic mass is 19.1. The lowest BCUT2D eigenvalue weighted by Crippen LogP contribution is -2.48. The van der Waals surface area contributed by atoms with Crippen LogP contribution < -0.4 is 10.6 Å². The number of aryl methyl sites for hydroxylation is 1. The molecule has 0 saturated carbocycles. The van der Waals surface area contributed by atoms with Gasteiger partial charge in [0.05, 0.1) is 24.1 Å². The Hall–Kier alpha value is -3.73. The van der Waals surface area contributed by atoms with Crippen LogP contribution in [0.3, 0.4) is 0 Å².